The van der Waals surface area contributed by atoms with Crippen LogP contribution in [0.25, 0.3) is 0 Å². The molecule has 98 valence electrons. The summed E-state index contributed by atoms with van der Waals surface area (Å²) in [5, 5.41) is 0. The van der Waals surface area contributed by atoms with Gasteiger partial charge in [0.2, 0.25) is 0 Å². The average Bonchev–Trinajstić information content (AvgIpc) is 2.38. The Morgan fingerprint density at radius 3 is 1.95 bits per heavy atom. The third kappa shape index (κ3) is 3.77. The summed E-state index contributed by atoms with van der Waals surface area (Å²) in [6.45, 7) is 3.73. The van der Waals surface area contributed by atoms with Crippen LogP contribution in [0.15, 0.2) is 53.0 Å². The van der Waals surface area contributed by atoms with Crippen molar-refractivity contribution >= 4 is 21.7 Å². The predicted molar refractivity (Wildman–Crippen MR) is 82.5 cm³/mol. The molecule has 0 spiro atoms. The molecule has 1 nitrogen and oxygen atoms in total. The van der Waals surface area contributed by atoms with Crippen molar-refractivity contribution < 1.29 is 4.79 Å². The number of halogens is 1. The Hall–Kier alpha value is -1.41. The summed E-state index contributed by atoms with van der Waals surface area (Å²) in [4.78, 5) is 11.5. The van der Waals surface area contributed by atoms with Gasteiger partial charge in [0, 0.05) is 16.8 Å². The highest BCUT2D eigenvalue weighted by atomic mass is 79.9. The van der Waals surface area contributed by atoms with Crippen LogP contribution in [0.4, 0.5) is 0 Å². The first-order valence-electron chi connectivity index (χ1n) is 6.37. The highest BCUT2D eigenvalue weighted by Crippen LogP contribution is 2.29. The van der Waals surface area contributed by atoms with Gasteiger partial charge in [-0.2, -0.15) is 0 Å². The number of hydrogen-bond donors (Lipinski definition) is 0. The van der Waals surface area contributed by atoms with Gasteiger partial charge < -0.3 is 0 Å². The quantitative estimate of drug-likeness (QED) is 0.786. The molecule has 0 aliphatic heterocycles. The van der Waals surface area contributed by atoms with Crippen LogP contribution >= 0.6 is 15.9 Å². The molecule has 0 amide bonds. The first-order valence-corrected chi connectivity index (χ1v) is 7.17. The molecule has 0 fully saturated rings. The highest BCUT2D eigenvalue weighted by Gasteiger charge is 2.16. The Balaban J connectivity index is 2.37. The maximum Gasteiger partial charge on any atom is 0.130 e. The van der Waals surface area contributed by atoms with Crippen molar-refractivity contribution in [2.24, 2.45) is 0 Å². The zero-order valence-electron chi connectivity index (χ0n) is 11.2. The summed E-state index contributed by atoms with van der Waals surface area (Å²) in [5.41, 5.74) is 3.62. The molecule has 19 heavy (non-hydrogen) atoms. The molecule has 0 aromatic heterocycles. The second kappa shape index (κ2) is 6.16. The first kappa shape index (κ1) is 14.0. The molecule has 2 aromatic carbocycles. The maximum atomic E-state index is 11.5. The third-order valence-corrected chi connectivity index (χ3v) is 3.77. The fraction of sp³-hybridized carbons (Fsp3) is 0.235. The second-order valence-electron chi connectivity index (χ2n) is 4.92. The van der Waals surface area contributed by atoms with Gasteiger partial charge in [0.05, 0.1) is 0 Å². The molecule has 0 aliphatic carbocycles. The van der Waals surface area contributed by atoms with Crippen LogP contribution in [0.5, 0.6) is 0 Å². The van der Waals surface area contributed by atoms with Gasteiger partial charge in [-0.05, 0) is 37.1 Å². The zero-order chi connectivity index (χ0) is 13.8. The van der Waals surface area contributed by atoms with E-state index in [2.05, 4.69) is 59.3 Å². The zero-order valence-corrected chi connectivity index (χ0v) is 12.8. The van der Waals surface area contributed by atoms with E-state index in [1.807, 2.05) is 12.1 Å². The minimum absolute atomic E-state index is 0.145. The molecule has 0 aliphatic rings. The van der Waals surface area contributed by atoms with Crippen molar-refractivity contribution in [2.45, 2.75) is 26.2 Å². The van der Waals surface area contributed by atoms with Crippen molar-refractivity contribution in [3.8, 4) is 0 Å². The fourth-order valence-electron chi connectivity index (χ4n) is 2.21. The largest absolute Gasteiger partial charge is 0.300 e. The summed E-state index contributed by atoms with van der Waals surface area (Å²) in [7, 11) is 0. The number of Topliss-reactive ketones (excluding diaryl/α,β-unsaturated/α-hetero) is 1. The van der Waals surface area contributed by atoms with Crippen LogP contribution in [-0.4, -0.2) is 5.78 Å². The van der Waals surface area contributed by atoms with Crippen LogP contribution in [0.1, 0.15) is 36.0 Å². The average molecular weight is 317 g/mol. The van der Waals surface area contributed by atoms with Gasteiger partial charge in [0.1, 0.15) is 5.78 Å². The monoisotopic (exact) mass is 316 g/mol. The Bertz CT molecular complexity index is 509. The SMILES string of the molecule is CC(=O)CC(c1ccc(C)cc1)c1ccc(Br)cc1. The molecule has 0 bridgehead atoms. The lowest BCUT2D eigenvalue weighted by molar-refractivity contribution is -0.117. The van der Waals surface area contributed by atoms with Crippen molar-refractivity contribution in [3.05, 3.63) is 69.7 Å². The lowest BCUT2D eigenvalue weighted by atomic mass is 9.87. The minimum atomic E-state index is 0.145. The molecule has 0 saturated carbocycles. The lowest BCUT2D eigenvalue weighted by Gasteiger charge is -2.17. The van der Waals surface area contributed by atoms with Gasteiger partial charge in [-0.15, -0.1) is 0 Å². The number of benzene rings is 2. The van der Waals surface area contributed by atoms with E-state index in [4.69, 9.17) is 0 Å². The second-order valence-corrected chi connectivity index (χ2v) is 5.84. The van der Waals surface area contributed by atoms with E-state index in [0.29, 0.717) is 6.42 Å². The molecule has 0 radical (unpaired) electrons. The van der Waals surface area contributed by atoms with Gasteiger partial charge in [-0.1, -0.05) is 57.9 Å². The Morgan fingerprint density at radius 1 is 1.00 bits per heavy atom. The normalized spacial score (nSPS) is 12.2. The van der Waals surface area contributed by atoms with Gasteiger partial charge in [-0.25, -0.2) is 0 Å². The number of rotatable bonds is 4. The van der Waals surface area contributed by atoms with Crippen LogP contribution in [-0.2, 0) is 4.79 Å². The minimum Gasteiger partial charge on any atom is -0.300 e. The van der Waals surface area contributed by atoms with Gasteiger partial charge in [0.25, 0.3) is 0 Å². The predicted octanol–water partition coefficient (Wildman–Crippen LogP) is 4.87. The molecule has 1 atom stereocenters. The van der Waals surface area contributed by atoms with Crippen LogP contribution in [0.3, 0.4) is 0 Å². The summed E-state index contributed by atoms with van der Waals surface area (Å²) in [6.07, 6.45) is 0.546. The summed E-state index contributed by atoms with van der Waals surface area (Å²) in [5.74, 6) is 0.361. The molecule has 1 unspecified atom stereocenters. The van der Waals surface area contributed by atoms with Crippen molar-refractivity contribution in [3.63, 3.8) is 0 Å². The number of carbonyl (C=O) groups is 1. The molecule has 0 saturated heterocycles. The van der Waals surface area contributed by atoms with Gasteiger partial charge >= 0.3 is 0 Å². The van der Waals surface area contributed by atoms with E-state index >= 15 is 0 Å². The number of carbonyl (C=O) groups excluding carboxylic acids is 1. The molecular formula is C17H17BrO. The highest BCUT2D eigenvalue weighted by molar-refractivity contribution is 9.10. The molecule has 0 N–H and O–H groups in total. The van der Waals surface area contributed by atoms with Crippen molar-refractivity contribution in [1.82, 2.24) is 0 Å². The summed E-state index contributed by atoms with van der Waals surface area (Å²) in [6, 6.07) is 16.6. The van der Waals surface area contributed by atoms with E-state index in [1.165, 1.54) is 16.7 Å². The number of aryl methyl sites for hydroxylation is 1. The van der Waals surface area contributed by atoms with E-state index in [9.17, 15) is 4.79 Å². The number of hydrogen-bond acceptors (Lipinski definition) is 1. The maximum absolute atomic E-state index is 11.5. The molecular weight excluding hydrogens is 300 g/mol. The third-order valence-electron chi connectivity index (χ3n) is 3.24. The van der Waals surface area contributed by atoms with Crippen LogP contribution < -0.4 is 0 Å². The first-order chi connectivity index (χ1) is 9.06. The fourth-order valence-corrected chi connectivity index (χ4v) is 2.47. The molecule has 0 heterocycles. The van der Waals surface area contributed by atoms with E-state index in [-0.39, 0.29) is 11.7 Å². The lowest BCUT2D eigenvalue weighted by Crippen LogP contribution is -2.06. The summed E-state index contributed by atoms with van der Waals surface area (Å²) < 4.78 is 1.06. The number of ketones is 1. The molecule has 2 aromatic rings. The Morgan fingerprint density at radius 2 is 1.47 bits per heavy atom. The molecule has 2 heteroatoms. The standard InChI is InChI=1S/C17H17BrO/c1-12-3-5-14(6-4-12)17(11-13(2)19)15-7-9-16(18)10-8-15/h3-10,17H,11H2,1-2H3. The van der Waals surface area contributed by atoms with E-state index < -0.39 is 0 Å². The van der Waals surface area contributed by atoms with Crippen molar-refractivity contribution in [1.29, 1.82) is 0 Å². The topological polar surface area (TPSA) is 17.1 Å². The van der Waals surface area contributed by atoms with E-state index in [1.54, 1.807) is 6.92 Å². The summed E-state index contributed by atoms with van der Waals surface area (Å²) >= 11 is 3.44. The Kier molecular flexibility index (Phi) is 4.54. The smallest absolute Gasteiger partial charge is 0.130 e. The van der Waals surface area contributed by atoms with Crippen molar-refractivity contribution in [2.75, 3.05) is 0 Å². The van der Waals surface area contributed by atoms with E-state index in [0.717, 1.165) is 4.47 Å². The Labute approximate surface area is 122 Å². The van der Waals surface area contributed by atoms with Crippen LogP contribution in [0.2, 0.25) is 0 Å². The van der Waals surface area contributed by atoms with Gasteiger partial charge in [0.15, 0.2) is 0 Å². The van der Waals surface area contributed by atoms with Gasteiger partial charge in [-0.3, -0.25) is 4.79 Å². The van der Waals surface area contributed by atoms with Crippen LogP contribution in [0, 0.1) is 6.92 Å². The molecule has 2 rings (SSSR count).